The number of ether oxygens (including phenoxy) is 2. The fraction of sp³-hybridized carbons (Fsp3) is 0.174. The SMILES string of the molecule is COc1ccc(CC(=O)n2nc(-c3ccco3)nc2NCc2ccc(F)cc2)cc1OC. The molecule has 0 saturated carbocycles. The average molecular weight is 436 g/mol. The molecular weight excluding hydrogens is 415 g/mol. The van der Waals surface area contributed by atoms with Crippen LogP contribution in [0.1, 0.15) is 15.9 Å². The van der Waals surface area contributed by atoms with E-state index < -0.39 is 0 Å². The van der Waals surface area contributed by atoms with Crippen LogP contribution in [0, 0.1) is 5.82 Å². The van der Waals surface area contributed by atoms with E-state index >= 15 is 0 Å². The number of hydrogen-bond donors (Lipinski definition) is 1. The minimum Gasteiger partial charge on any atom is -0.493 e. The molecule has 0 amide bonds. The standard InChI is InChI=1S/C23H21FN4O4/c1-30-18-10-7-16(12-20(18)31-2)13-21(29)28-23(25-14-15-5-8-17(24)9-6-15)26-22(27-28)19-4-3-11-32-19/h3-12H,13-14H2,1-2H3,(H,25,26,27). The maximum atomic E-state index is 13.2. The summed E-state index contributed by atoms with van der Waals surface area (Å²) in [6, 6.07) is 14.8. The third kappa shape index (κ3) is 4.61. The third-order valence-corrected chi connectivity index (χ3v) is 4.75. The lowest BCUT2D eigenvalue weighted by molar-refractivity contribution is 0.0901. The van der Waals surface area contributed by atoms with Gasteiger partial charge in [-0.3, -0.25) is 4.79 Å². The summed E-state index contributed by atoms with van der Waals surface area (Å²) >= 11 is 0. The van der Waals surface area contributed by atoms with E-state index in [1.807, 2.05) is 0 Å². The quantitative estimate of drug-likeness (QED) is 0.443. The van der Waals surface area contributed by atoms with Gasteiger partial charge < -0.3 is 19.2 Å². The molecule has 0 aliphatic rings. The Kier molecular flexibility index (Phi) is 6.16. The number of carbonyl (C=O) groups is 1. The smallest absolute Gasteiger partial charge is 0.254 e. The van der Waals surface area contributed by atoms with Crippen LogP contribution in [0.5, 0.6) is 11.5 Å². The molecule has 2 aromatic carbocycles. The highest BCUT2D eigenvalue weighted by Crippen LogP contribution is 2.28. The summed E-state index contributed by atoms with van der Waals surface area (Å²) < 4.78 is 30.3. The van der Waals surface area contributed by atoms with Gasteiger partial charge in [0.1, 0.15) is 5.82 Å². The van der Waals surface area contributed by atoms with Gasteiger partial charge in [-0.1, -0.05) is 18.2 Å². The molecule has 0 spiro atoms. The lowest BCUT2D eigenvalue weighted by Gasteiger charge is -2.10. The first kappa shape index (κ1) is 21.1. The van der Waals surface area contributed by atoms with Gasteiger partial charge in [0.2, 0.25) is 11.8 Å². The van der Waals surface area contributed by atoms with Crippen molar-refractivity contribution in [3.05, 3.63) is 77.8 Å². The number of rotatable bonds is 8. The molecule has 2 aromatic heterocycles. The van der Waals surface area contributed by atoms with Crippen molar-refractivity contribution >= 4 is 11.9 Å². The van der Waals surface area contributed by atoms with E-state index in [1.54, 1.807) is 49.6 Å². The summed E-state index contributed by atoms with van der Waals surface area (Å²) in [6.45, 7) is 0.334. The van der Waals surface area contributed by atoms with Crippen molar-refractivity contribution in [1.82, 2.24) is 14.8 Å². The zero-order valence-electron chi connectivity index (χ0n) is 17.5. The molecule has 0 aliphatic heterocycles. The van der Waals surface area contributed by atoms with Crippen LogP contribution in [0.4, 0.5) is 10.3 Å². The number of halogens is 1. The van der Waals surface area contributed by atoms with E-state index in [1.165, 1.54) is 30.2 Å². The van der Waals surface area contributed by atoms with Crippen LogP contribution >= 0.6 is 0 Å². The first-order valence-corrected chi connectivity index (χ1v) is 9.80. The van der Waals surface area contributed by atoms with Crippen LogP contribution < -0.4 is 14.8 Å². The number of methoxy groups -OCH3 is 2. The fourth-order valence-electron chi connectivity index (χ4n) is 3.13. The predicted molar refractivity (Wildman–Crippen MR) is 115 cm³/mol. The fourth-order valence-corrected chi connectivity index (χ4v) is 3.13. The summed E-state index contributed by atoms with van der Waals surface area (Å²) in [7, 11) is 3.08. The minimum absolute atomic E-state index is 0.0620. The molecule has 164 valence electrons. The Bertz CT molecular complexity index is 1200. The summed E-state index contributed by atoms with van der Waals surface area (Å²) in [4.78, 5) is 17.5. The molecular formula is C23H21FN4O4. The zero-order chi connectivity index (χ0) is 22.5. The zero-order valence-corrected chi connectivity index (χ0v) is 17.5. The summed E-state index contributed by atoms with van der Waals surface area (Å²) in [5, 5.41) is 7.43. The Morgan fingerprint density at radius 3 is 2.50 bits per heavy atom. The Balaban J connectivity index is 1.59. The number of furan rings is 1. The van der Waals surface area contributed by atoms with Crippen molar-refractivity contribution in [3.63, 3.8) is 0 Å². The summed E-state index contributed by atoms with van der Waals surface area (Å²) in [5.41, 5.74) is 1.56. The van der Waals surface area contributed by atoms with E-state index in [4.69, 9.17) is 13.9 Å². The molecule has 0 saturated heterocycles. The molecule has 0 fully saturated rings. The molecule has 0 atom stereocenters. The van der Waals surface area contributed by atoms with E-state index in [2.05, 4.69) is 15.4 Å². The summed E-state index contributed by atoms with van der Waals surface area (Å²) in [5.74, 6) is 1.45. The summed E-state index contributed by atoms with van der Waals surface area (Å²) in [6.07, 6.45) is 1.57. The molecule has 32 heavy (non-hydrogen) atoms. The maximum absolute atomic E-state index is 13.2. The van der Waals surface area contributed by atoms with Gasteiger partial charge in [-0.2, -0.15) is 9.67 Å². The lowest BCUT2D eigenvalue weighted by atomic mass is 10.1. The van der Waals surface area contributed by atoms with E-state index in [9.17, 15) is 9.18 Å². The van der Waals surface area contributed by atoms with Crippen molar-refractivity contribution in [2.45, 2.75) is 13.0 Å². The maximum Gasteiger partial charge on any atom is 0.254 e. The molecule has 4 rings (SSSR count). The molecule has 8 nitrogen and oxygen atoms in total. The lowest BCUT2D eigenvalue weighted by Crippen LogP contribution is -2.18. The van der Waals surface area contributed by atoms with Crippen LogP contribution in [0.3, 0.4) is 0 Å². The first-order valence-electron chi connectivity index (χ1n) is 9.80. The molecule has 2 heterocycles. The second-order valence-corrected chi connectivity index (χ2v) is 6.89. The van der Waals surface area contributed by atoms with E-state index in [0.29, 0.717) is 23.8 Å². The van der Waals surface area contributed by atoms with Gasteiger partial charge in [-0.15, -0.1) is 5.10 Å². The van der Waals surface area contributed by atoms with Crippen LogP contribution in [-0.4, -0.2) is 34.9 Å². The molecule has 0 unspecified atom stereocenters. The van der Waals surface area contributed by atoms with Gasteiger partial charge in [-0.05, 0) is 47.5 Å². The van der Waals surface area contributed by atoms with Gasteiger partial charge in [0.25, 0.3) is 5.91 Å². The molecule has 0 radical (unpaired) electrons. The molecule has 0 bridgehead atoms. The highest BCUT2D eigenvalue weighted by atomic mass is 19.1. The molecule has 1 N–H and O–H groups in total. The number of hydrogen-bond acceptors (Lipinski definition) is 7. The molecule has 0 aliphatic carbocycles. The van der Waals surface area contributed by atoms with Crippen molar-refractivity contribution in [2.24, 2.45) is 0 Å². The van der Waals surface area contributed by atoms with Gasteiger partial charge in [0, 0.05) is 6.54 Å². The number of nitrogens with zero attached hydrogens (tertiary/aromatic N) is 3. The second kappa shape index (κ2) is 9.34. The van der Waals surface area contributed by atoms with Crippen molar-refractivity contribution in [2.75, 3.05) is 19.5 Å². The molecule has 9 heteroatoms. The average Bonchev–Trinajstić information content (AvgIpc) is 3.48. The first-order chi connectivity index (χ1) is 15.6. The van der Waals surface area contributed by atoms with Gasteiger partial charge in [0.15, 0.2) is 17.3 Å². The molecule has 4 aromatic rings. The Morgan fingerprint density at radius 2 is 1.81 bits per heavy atom. The van der Waals surface area contributed by atoms with E-state index in [0.717, 1.165) is 11.1 Å². The largest absolute Gasteiger partial charge is 0.493 e. The van der Waals surface area contributed by atoms with Crippen molar-refractivity contribution < 1.29 is 23.1 Å². The van der Waals surface area contributed by atoms with Crippen LogP contribution in [-0.2, 0) is 13.0 Å². The van der Waals surface area contributed by atoms with Crippen molar-refractivity contribution in [3.8, 4) is 23.1 Å². The third-order valence-electron chi connectivity index (χ3n) is 4.75. The highest BCUT2D eigenvalue weighted by Gasteiger charge is 2.19. The minimum atomic E-state index is -0.317. The number of nitrogens with one attached hydrogen (secondary N) is 1. The Hall–Kier alpha value is -4.14. The van der Waals surface area contributed by atoms with Gasteiger partial charge >= 0.3 is 0 Å². The topological polar surface area (TPSA) is 91.4 Å². The number of carbonyl (C=O) groups excluding carboxylic acids is 1. The normalized spacial score (nSPS) is 10.7. The Morgan fingerprint density at radius 1 is 1.06 bits per heavy atom. The van der Waals surface area contributed by atoms with Crippen LogP contribution in [0.25, 0.3) is 11.6 Å². The van der Waals surface area contributed by atoms with Crippen LogP contribution in [0.15, 0.2) is 65.3 Å². The predicted octanol–water partition coefficient (Wildman–Crippen LogP) is 4.19. The Labute approximate surface area is 183 Å². The van der Waals surface area contributed by atoms with Crippen molar-refractivity contribution in [1.29, 1.82) is 0 Å². The monoisotopic (exact) mass is 436 g/mol. The van der Waals surface area contributed by atoms with E-state index in [-0.39, 0.29) is 29.9 Å². The number of aromatic nitrogens is 3. The number of anilines is 1. The van der Waals surface area contributed by atoms with Gasteiger partial charge in [0.05, 0.1) is 26.9 Å². The highest BCUT2D eigenvalue weighted by molar-refractivity contribution is 5.83. The second-order valence-electron chi connectivity index (χ2n) is 6.89. The number of benzene rings is 2. The van der Waals surface area contributed by atoms with Gasteiger partial charge in [-0.25, -0.2) is 4.39 Å². The van der Waals surface area contributed by atoms with Crippen LogP contribution in [0.2, 0.25) is 0 Å².